The number of nitrogens with zero attached hydrogens (tertiary/aromatic N) is 1. The summed E-state index contributed by atoms with van der Waals surface area (Å²) < 4.78 is 0. The van der Waals surface area contributed by atoms with Gasteiger partial charge in [0.25, 0.3) is 0 Å². The zero-order valence-electron chi connectivity index (χ0n) is 8.94. The van der Waals surface area contributed by atoms with Crippen molar-refractivity contribution in [2.45, 2.75) is 6.92 Å². The summed E-state index contributed by atoms with van der Waals surface area (Å²) in [5, 5.41) is 18.8. The molecule has 1 N–H and O–H groups in total. The molecule has 0 unspecified atom stereocenters. The zero-order chi connectivity index (χ0) is 11.5. The van der Waals surface area contributed by atoms with Crippen molar-refractivity contribution in [1.29, 1.82) is 5.26 Å². The van der Waals surface area contributed by atoms with E-state index in [1.807, 2.05) is 31.2 Å². The van der Waals surface area contributed by atoms with E-state index < -0.39 is 0 Å². The highest BCUT2D eigenvalue weighted by Gasteiger charge is 2.08. The lowest BCUT2D eigenvalue weighted by molar-refractivity contribution is 0.477. The molecule has 2 aromatic rings. The van der Waals surface area contributed by atoms with E-state index in [-0.39, 0.29) is 5.75 Å². The summed E-state index contributed by atoms with van der Waals surface area (Å²) in [6.45, 7) is 1.96. The second-order valence-corrected chi connectivity index (χ2v) is 3.68. The molecule has 0 radical (unpaired) electrons. The number of para-hydroxylation sites is 1. The fourth-order valence-electron chi connectivity index (χ4n) is 1.68. The fourth-order valence-corrected chi connectivity index (χ4v) is 1.68. The van der Waals surface area contributed by atoms with E-state index in [1.165, 1.54) is 0 Å². The van der Waals surface area contributed by atoms with Gasteiger partial charge < -0.3 is 5.11 Å². The van der Waals surface area contributed by atoms with Crippen LogP contribution in [0.5, 0.6) is 5.75 Å². The van der Waals surface area contributed by atoms with Crippen LogP contribution >= 0.6 is 0 Å². The lowest BCUT2D eigenvalue weighted by atomic mass is 9.97. The average Bonchev–Trinajstić information content (AvgIpc) is 2.29. The molecular weight excluding hydrogens is 198 g/mol. The van der Waals surface area contributed by atoms with E-state index in [1.54, 1.807) is 18.2 Å². The highest BCUT2D eigenvalue weighted by molar-refractivity contribution is 5.75. The van der Waals surface area contributed by atoms with Gasteiger partial charge in [0.2, 0.25) is 0 Å². The Morgan fingerprint density at radius 1 is 1.06 bits per heavy atom. The first-order valence-corrected chi connectivity index (χ1v) is 5.01. The Hall–Kier alpha value is -2.27. The van der Waals surface area contributed by atoms with Gasteiger partial charge >= 0.3 is 0 Å². The van der Waals surface area contributed by atoms with Crippen LogP contribution in [-0.4, -0.2) is 5.11 Å². The van der Waals surface area contributed by atoms with Gasteiger partial charge in [0.1, 0.15) is 5.75 Å². The molecule has 0 heterocycles. The van der Waals surface area contributed by atoms with Gasteiger partial charge in [0.05, 0.1) is 11.6 Å². The van der Waals surface area contributed by atoms with Gasteiger partial charge in [-0.1, -0.05) is 29.8 Å². The number of nitriles is 1. The van der Waals surface area contributed by atoms with E-state index in [2.05, 4.69) is 6.07 Å². The summed E-state index contributed by atoms with van der Waals surface area (Å²) in [6, 6.07) is 14.8. The van der Waals surface area contributed by atoms with Crippen molar-refractivity contribution in [1.82, 2.24) is 0 Å². The normalized spacial score (nSPS) is 9.75. The van der Waals surface area contributed by atoms with Crippen LogP contribution < -0.4 is 0 Å². The molecule has 2 aromatic carbocycles. The Bertz CT molecular complexity index is 567. The number of hydrogen-bond donors (Lipinski definition) is 1. The minimum atomic E-state index is 0.199. The molecule has 2 heteroatoms. The SMILES string of the molecule is Cc1ccc(C#N)c(-c2ccccc2O)c1. The van der Waals surface area contributed by atoms with E-state index in [4.69, 9.17) is 5.26 Å². The van der Waals surface area contributed by atoms with Crippen molar-refractivity contribution in [3.8, 4) is 22.9 Å². The van der Waals surface area contributed by atoms with E-state index >= 15 is 0 Å². The maximum atomic E-state index is 9.77. The van der Waals surface area contributed by atoms with Gasteiger partial charge in [-0.2, -0.15) is 5.26 Å². The summed E-state index contributed by atoms with van der Waals surface area (Å²) in [6.07, 6.45) is 0. The van der Waals surface area contributed by atoms with Crippen molar-refractivity contribution in [3.63, 3.8) is 0 Å². The molecule has 0 amide bonds. The van der Waals surface area contributed by atoms with E-state index in [0.29, 0.717) is 11.1 Å². The third-order valence-corrected chi connectivity index (χ3v) is 2.49. The first-order valence-electron chi connectivity index (χ1n) is 5.01. The van der Waals surface area contributed by atoms with Gasteiger partial charge in [0.15, 0.2) is 0 Å². The molecule has 2 nitrogen and oxygen atoms in total. The predicted octanol–water partition coefficient (Wildman–Crippen LogP) is 3.24. The molecule has 0 saturated heterocycles. The molecule has 0 spiro atoms. The molecule has 78 valence electrons. The van der Waals surface area contributed by atoms with Crippen LogP contribution in [0.2, 0.25) is 0 Å². The molecule has 0 aromatic heterocycles. The van der Waals surface area contributed by atoms with Crippen LogP contribution in [0.25, 0.3) is 11.1 Å². The summed E-state index contributed by atoms with van der Waals surface area (Å²) in [5.41, 5.74) is 3.12. The third kappa shape index (κ3) is 1.76. The number of hydrogen-bond acceptors (Lipinski definition) is 2. The van der Waals surface area contributed by atoms with Crippen LogP contribution in [-0.2, 0) is 0 Å². The van der Waals surface area contributed by atoms with E-state index in [0.717, 1.165) is 11.1 Å². The molecule has 0 atom stereocenters. The summed E-state index contributed by atoms with van der Waals surface area (Å²) in [4.78, 5) is 0. The second kappa shape index (κ2) is 4.08. The average molecular weight is 209 g/mol. The number of aryl methyl sites for hydroxylation is 1. The van der Waals surface area contributed by atoms with Gasteiger partial charge in [-0.25, -0.2) is 0 Å². The Labute approximate surface area is 94.4 Å². The van der Waals surface area contributed by atoms with Crippen LogP contribution in [0.4, 0.5) is 0 Å². The first-order chi connectivity index (χ1) is 7.72. The van der Waals surface area contributed by atoms with Gasteiger partial charge in [-0.3, -0.25) is 0 Å². The monoisotopic (exact) mass is 209 g/mol. The number of rotatable bonds is 1. The highest BCUT2D eigenvalue weighted by atomic mass is 16.3. The maximum absolute atomic E-state index is 9.77. The molecule has 0 aliphatic carbocycles. The molecule has 0 aliphatic heterocycles. The maximum Gasteiger partial charge on any atom is 0.123 e. The molecule has 16 heavy (non-hydrogen) atoms. The van der Waals surface area contributed by atoms with Crippen LogP contribution in [0.3, 0.4) is 0 Å². The first kappa shape index (κ1) is 10.3. The van der Waals surface area contributed by atoms with Gasteiger partial charge in [0, 0.05) is 11.1 Å². The van der Waals surface area contributed by atoms with Crippen LogP contribution in [0.1, 0.15) is 11.1 Å². The van der Waals surface area contributed by atoms with Gasteiger partial charge in [-0.15, -0.1) is 0 Å². The largest absolute Gasteiger partial charge is 0.507 e. The van der Waals surface area contributed by atoms with Crippen molar-refractivity contribution in [2.75, 3.05) is 0 Å². The Morgan fingerprint density at radius 2 is 1.81 bits per heavy atom. The molecule has 0 aliphatic rings. The standard InChI is InChI=1S/C14H11NO/c1-10-6-7-11(9-15)13(8-10)12-4-2-3-5-14(12)16/h2-8,16H,1H3. The smallest absolute Gasteiger partial charge is 0.123 e. The summed E-state index contributed by atoms with van der Waals surface area (Å²) in [5.74, 6) is 0.199. The van der Waals surface area contributed by atoms with Crippen molar-refractivity contribution in [2.24, 2.45) is 0 Å². The van der Waals surface area contributed by atoms with Crippen LogP contribution in [0.15, 0.2) is 42.5 Å². The minimum Gasteiger partial charge on any atom is -0.507 e. The summed E-state index contributed by atoms with van der Waals surface area (Å²) in [7, 11) is 0. The topological polar surface area (TPSA) is 44.0 Å². The second-order valence-electron chi connectivity index (χ2n) is 3.68. The van der Waals surface area contributed by atoms with Gasteiger partial charge in [-0.05, 0) is 25.1 Å². The predicted molar refractivity (Wildman–Crippen MR) is 63.0 cm³/mol. The highest BCUT2D eigenvalue weighted by Crippen LogP contribution is 2.31. The number of benzene rings is 2. The molecule has 0 bridgehead atoms. The molecule has 0 fully saturated rings. The Balaban J connectivity index is 2.69. The van der Waals surface area contributed by atoms with Crippen molar-refractivity contribution < 1.29 is 5.11 Å². The van der Waals surface area contributed by atoms with Crippen LogP contribution in [0, 0.1) is 18.3 Å². The Kier molecular flexibility index (Phi) is 2.61. The lowest BCUT2D eigenvalue weighted by Gasteiger charge is -2.07. The number of aromatic hydroxyl groups is 1. The quantitative estimate of drug-likeness (QED) is 0.783. The lowest BCUT2D eigenvalue weighted by Crippen LogP contribution is -1.86. The van der Waals surface area contributed by atoms with E-state index in [9.17, 15) is 5.11 Å². The number of phenolic OH excluding ortho intramolecular Hbond substituents is 1. The third-order valence-electron chi connectivity index (χ3n) is 2.49. The fraction of sp³-hybridized carbons (Fsp3) is 0.0714. The minimum absolute atomic E-state index is 0.199. The van der Waals surface area contributed by atoms with Crippen molar-refractivity contribution in [3.05, 3.63) is 53.6 Å². The summed E-state index contributed by atoms with van der Waals surface area (Å²) >= 11 is 0. The van der Waals surface area contributed by atoms with Crippen molar-refractivity contribution >= 4 is 0 Å². The molecular formula is C14H11NO. The Morgan fingerprint density at radius 3 is 2.50 bits per heavy atom. The number of phenols is 1. The zero-order valence-corrected chi connectivity index (χ0v) is 8.94. The molecule has 2 rings (SSSR count). The molecule has 0 saturated carbocycles.